The lowest BCUT2D eigenvalue weighted by molar-refractivity contribution is 0.346. The fourth-order valence-electron chi connectivity index (χ4n) is 1.33. The lowest BCUT2D eigenvalue weighted by Crippen LogP contribution is -2.19. The second-order valence-electron chi connectivity index (χ2n) is 3.50. The van der Waals surface area contributed by atoms with Crippen LogP contribution in [-0.2, 0) is 6.42 Å². The highest BCUT2D eigenvalue weighted by Gasteiger charge is 2.22. The summed E-state index contributed by atoms with van der Waals surface area (Å²) in [6, 6.07) is 0.292. The zero-order valence-electron chi connectivity index (χ0n) is 8.06. The number of nitrogens with one attached hydrogen (secondary N) is 1. The summed E-state index contributed by atoms with van der Waals surface area (Å²) in [5.74, 6) is 3.34. The van der Waals surface area contributed by atoms with Crippen LogP contribution in [0.4, 0.5) is 0 Å². The largest absolute Gasteiger partial charge is 0.338 e. The van der Waals surface area contributed by atoms with Gasteiger partial charge in [0.05, 0.1) is 6.04 Å². The lowest BCUT2D eigenvalue weighted by atomic mass is 10.2. The quantitative estimate of drug-likeness (QED) is 0.753. The summed E-state index contributed by atoms with van der Waals surface area (Å²) in [4.78, 5) is 4.30. The molecule has 1 fully saturated rings. The van der Waals surface area contributed by atoms with Crippen molar-refractivity contribution in [2.24, 2.45) is 5.73 Å². The van der Waals surface area contributed by atoms with Gasteiger partial charge in [-0.25, -0.2) is 0 Å². The smallest absolute Gasteiger partial charge is 0.244 e. The first-order valence-electron chi connectivity index (χ1n) is 4.65. The van der Waals surface area contributed by atoms with Crippen molar-refractivity contribution in [1.29, 1.82) is 0 Å². The standard InChI is InChI=1S/C8H14N4OS/c1-5(9)2-7-11-8(13-12-7)6-3-14-4-10-6/h5-6,10H,2-4,9H2,1H3/t5?,6-/m1/s1. The van der Waals surface area contributed by atoms with E-state index in [0.717, 1.165) is 11.6 Å². The van der Waals surface area contributed by atoms with Gasteiger partial charge in [-0.3, -0.25) is 5.32 Å². The number of thioether (sulfide) groups is 1. The molecule has 6 heteroatoms. The molecule has 0 aliphatic carbocycles. The van der Waals surface area contributed by atoms with E-state index in [9.17, 15) is 0 Å². The van der Waals surface area contributed by atoms with Crippen molar-refractivity contribution in [1.82, 2.24) is 15.5 Å². The second-order valence-corrected chi connectivity index (χ2v) is 4.53. The molecule has 0 amide bonds. The molecule has 0 saturated carbocycles. The number of hydrogen-bond acceptors (Lipinski definition) is 6. The monoisotopic (exact) mass is 214 g/mol. The summed E-state index contributed by atoms with van der Waals surface area (Å²) >= 11 is 1.84. The number of nitrogens with zero attached hydrogens (tertiary/aromatic N) is 2. The Morgan fingerprint density at radius 3 is 3.29 bits per heavy atom. The molecule has 78 valence electrons. The van der Waals surface area contributed by atoms with Gasteiger partial charge in [0.15, 0.2) is 5.82 Å². The molecule has 0 bridgehead atoms. The first kappa shape index (κ1) is 9.95. The van der Waals surface area contributed by atoms with Crippen LogP contribution in [0.5, 0.6) is 0 Å². The summed E-state index contributed by atoms with van der Waals surface area (Å²) in [5.41, 5.74) is 5.65. The van der Waals surface area contributed by atoms with Crippen LogP contribution in [0.3, 0.4) is 0 Å². The van der Waals surface area contributed by atoms with Crippen molar-refractivity contribution >= 4 is 11.8 Å². The van der Waals surface area contributed by atoms with Crippen molar-refractivity contribution in [3.8, 4) is 0 Å². The predicted octanol–water partition coefficient (Wildman–Crippen LogP) is 0.294. The van der Waals surface area contributed by atoms with Crippen molar-refractivity contribution in [3.63, 3.8) is 0 Å². The third kappa shape index (κ3) is 2.26. The topological polar surface area (TPSA) is 77.0 Å². The van der Waals surface area contributed by atoms with Crippen LogP contribution in [-0.4, -0.2) is 27.8 Å². The molecule has 0 aromatic carbocycles. The third-order valence-electron chi connectivity index (χ3n) is 2.00. The summed E-state index contributed by atoms with van der Waals surface area (Å²) in [7, 11) is 0. The Morgan fingerprint density at radius 1 is 1.79 bits per heavy atom. The van der Waals surface area contributed by atoms with E-state index >= 15 is 0 Å². The van der Waals surface area contributed by atoms with E-state index < -0.39 is 0 Å². The van der Waals surface area contributed by atoms with Gasteiger partial charge in [-0.15, -0.1) is 11.8 Å². The minimum absolute atomic E-state index is 0.0753. The zero-order chi connectivity index (χ0) is 9.97. The van der Waals surface area contributed by atoms with Gasteiger partial charge in [0.2, 0.25) is 5.89 Å². The Labute approximate surface area is 86.8 Å². The molecule has 1 unspecified atom stereocenters. The van der Waals surface area contributed by atoms with Crippen LogP contribution >= 0.6 is 11.8 Å². The molecule has 1 aromatic heterocycles. The Morgan fingerprint density at radius 2 is 2.64 bits per heavy atom. The highest BCUT2D eigenvalue weighted by molar-refractivity contribution is 7.99. The fourth-order valence-corrected chi connectivity index (χ4v) is 2.27. The van der Waals surface area contributed by atoms with Gasteiger partial charge in [-0.05, 0) is 6.92 Å². The molecular formula is C8H14N4OS. The van der Waals surface area contributed by atoms with Gasteiger partial charge in [-0.2, -0.15) is 4.98 Å². The van der Waals surface area contributed by atoms with Crippen LogP contribution in [0.25, 0.3) is 0 Å². The maximum Gasteiger partial charge on any atom is 0.244 e. The number of rotatable bonds is 3. The summed E-state index contributed by atoms with van der Waals surface area (Å²) < 4.78 is 5.16. The fraction of sp³-hybridized carbons (Fsp3) is 0.750. The number of hydrogen-bond donors (Lipinski definition) is 2. The van der Waals surface area contributed by atoms with E-state index in [4.69, 9.17) is 10.3 Å². The van der Waals surface area contributed by atoms with Gasteiger partial charge in [0, 0.05) is 24.1 Å². The Kier molecular flexibility index (Phi) is 3.05. The first-order chi connectivity index (χ1) is 6.75. The van der Waals surface area contributed by atoms with E-state index in [1.54, 1.807) is 0 Å². The van der Waals surface area contributed by atoms with Crippen LogP contribution in [0.15, 0.2) is 4.52 Å². The van der Waals surface area contributed by atoms with E-state index in [2.05, 4.69) is 15.5 Å². The normalized spacial score (nSPS) is 24.0. The van der Waals surface area contributed by atoms with Crippen LogP contribution < -0.4 is 11.1 Å². The van der Waals surface area contributed by atoms with Crippen LogP contribution in [0, 0.1) is 0 Å². The third-order valence-corrected chi connectivity index (χ3v) is 2.94. The van der Waals surface area contributed by atoms with Gasteiger partial charge >= 0.3 is 0 Å². The second kappa shape index (κ2) is 4.29. The maximum absolute atomic E-state index is 5.65. The SMILES string of the molecule is CC(N)Cc1noc([C@H]2CSCN2)n1. The summed E-state index contributed by atoms with van der Waals surface area (Å²) in [5, 5.41) is 7.16. The molecule has 2 heterocycles. The van der Waals surface area contributed by atoms with Crippen LogP contribution in [0.2, 0.25) is 0 Å². The molecule has 1 aromatic rings. The molecule has 0 radical (unpaired) electrons. The Balaban J connectivity index is 2.01. The highest BCUT2D eigenvalue weighted by Crippen LogP contribution is 2.22. The summed E-state index contributed by atoms with van der Waals surface area (Å²) in [6.45, 7) is 1.93. The van der Waals surface area contributed by atoms with Crippen molar-refractivity contribution < 1.29 is 4.52 Å². The number of nitrogens with two attached hydrogens (primary N) is 1. The van der Waals surface area contributed by atoms with E-state index in [1.165, 1.54) is 0 Å². The van der Waals surface area contributed by atoms with Crippen LogP contribution in [0.1, 0.15) is 24.7 Å². The number of aromatic nitrogens is 2. The molecule has 3 N–H and O–H groups in total. The minimum atomic E-state index is 0.0753. The zero-order valence-corrected chi connectivity index (χ0v) is 8.88. The molecule has 1 aliphatic heterocycles. The van der Waals surface area contributed by atoms with Gasteiger partial charge in [0.25, 0.3) is 0 Å². The van der Waals surface area contributed by atoms with Gasteiger partial charge in [-0.1, -0.05) is 5.16 Å². The Hall–Kier alpha value is -0.590. The lowest BCUT2D eigenvalue weighted by Gasteiger charge is -2.00. The van der Waals surface area contributed by atoms with Gasteiger partial charge < -0.3 is 10.3 Å². The van der Waals surface area contributed by atoms with Crippen molar-refractivity contribution in [2.75, 3.05) is 11.6 Å². The van der Waals surface area contributed by atoms with E-state index in [1.807, 2.05) is 18.7 Å². The van der Waals surface area contributed by atoms with Crippen molar-refractivity contribution in [3.05, 3.63) is 11.7 Å². The van der Waals surface area contributed by atoms with E-state index in [0.29, 0.717) is 18.1 Å². The molecule has 0 spiro atoms. The molecule has 1 aliphatic rings. The molecule has 2 rings (SSSR count). The minimum Gasteiger partial charge on any atom is -0.338 e. The molecule has 14 heavy (non-hydrogen) atoms. The molecule has 1 saturated heterocycles. The first-order valence-corrected chi connectivity index (χ1v) is 5.80. The van der Waals surface area contributed by atoms with Gasteiger partial charge in [0.1, 0.15) is 0 Å². The van der Waals surface area contributed by atoms with E-state index in [-0.39, 0.29) is 12.1 Å². The maximum atomic E-state index is 5.65. The Bertz CT molecular complexity index is 295. The summed E-state index contributed by atoms with van der Waals surface area (Å²) in [6.07, 6.45) is 0.670. The van der Waals surface area contributed by atoms with Crippen molar-refractivity contribution in [2.45, 2.75) is 25.4 Å². The average molecular weight is 214 g/mol. The predicted molar refractivity (Wildman–Crippen MR) is 54.9 cm³/mol. The molecule has 2 atom stereocenters. The highest BCUT2D eigenvalue weighted by atomic mass is 32.2. The average Bonchev–Trinajstić information content (AvgIpc) is 2.69. The molecule has 5 nitrogen and oxygen atoms in total. The molecular weight excluding hydrogens is 200 g/mol.